The predicted octanol–water partition coefficient (Wildman–Crippen LogP) is 4.11. The molecule has 4 rings (SSSR count). The Morgan fingerprint density at radius 1 is 0.824 bits per heavy atom. The first-order valence-electron chi connectivity index (χ1n) is 5.50. The van der Waals surface area contributed by atoms with Gasteiger partial charge in [0.25, 0.3) is 0 Å². The minimum absolute atomic E-state index is 0.170. The van der Waals surface area contributed by atoms with Gasteiger partial charge in [0.05, 0.1) is 0 Å². The lowest BCUT2D eigenvalue weighted by atomic mass is 10.0. The predicted molar refractivity (Wildman–Crippen MR) is 70.7 cm³/mol. The maximum atomic E-state index is 12.4. The summed E-state index contributed by atoms with van der Waals surface area (Å²) < 4.78 is 1.11. The Morgan fingerprint density at radius 2 is 1.65 bits per heavy atom. The van der Waals surface area contributed by atoms with Crippen molar-refractivity contribution in [2.24, 2.45) is 0 Å². The average Bonchev–Trinajstić information content (AvgIpc) is 2.93. The lowest BCUT2D eigenvalue weighted by molar-refractivity contribution is 0.104. The molecular weight excluding hydrogens is 228 g/mol. The van der Waals surface area contributed by atoms with E-state index in [2.05, 4.69) is 18.2 Å². The van der Waals surface area contributed by atoms with Crippen LogP contribution >= 0.6 is 11.3 Å². The van der Waals surface area contributed by atoms with E-state index in [1.165, 1.54) is 0 Å². The largest absolute Gasteiger partial charge is 0.289 e. The molecule has 0 radical (unpaired) electrons. The molecule has 0 fully saturated rings. The van der Waals surface area contributed by atoms with Crippen LogP contribution in [-0.4, -0.2) is 5.78 Å². The summed E-state index contributed by atoms with van der Waals surface area (Å²) in [5.41, 5.74) is 3.88. The van der Waals surface area contributed by atoms with Gasteiger partial charge in [0, 0.05) is 15.8 Å². The molecule has 2 heteroatoms. The topological polar surface area (TPSA) is 17.1 Å². The normalized spacial score (nSPS) is 12.8. The molecule has 0 aliphatic heterocycles. The van der Waals surface area contributed by atoms with Gasteiger partial charge in [-0.05, 0) is 28.0 Å². The number of fused-ring (bicyclic) bond motifs is 5. The molecular formula is C15H8OS. The summed E-state index contributed by atoms with van der Waals surface area (Å²) in [5.74, 6) is 0.170. The van der Waals surface area contributed by atoms with Crippen LogP contribution < -0.4 is 0 Å². The molecule has 1 nitrogen and oxygen atoms in total. The summed E-state index contributed by atoms with van der Waals surface area (Å²) in [6, 6.07) is 14.1. The highest BCUT2D eigenvalue weighted by Crippen LogP contribution is 2.41. The fraction of sp³-hybridized carbons (Fsp3) is 0. The number of thiophene rings is 1. The van der Waals surface area contributed by atoms with E-state index in [0.29, 0.717) is 0 Å². The van der Waals surface area contributed by atoms with Crippen molar-refractivity contribution in [3.05, 3.63) is 59.0 Å². The van der Waals surface area contributed by atoms with E-state index in [1.807, 2.05) is 29.6 Å². The SMILES string of the molecule is O=C1c2ccccc2-c2ccc3ccsc3c21. The number of hydrogen-bond acceptors (Lipinski definition) is 2. The zero-order valence-electron chi connectivity index (χ0n) is 8.94. The van der Waals surface area contributed by atoms with Gasteiger partial charge in [-0.2, -0.15) is 0 Å². The zero-order chi connectivity index (χ0) is 11.4. The highest BCUT2D eigenvalue weighted by molar-refractivity contribution is 7.17. The molecule has 2 aromatic carbocycles. The van der Waals surface area contributed by atoms with Crippen LogP contribution in [0.1, 0.15) is 15.9 Å². The first-order chi connectivity index (χ1) is 8.36. The third-order valence-electron chi connectivity index (χ3n) is 3.31. The molecule has 1 aliphatic rings. The van der Waals surface area contributed by atoms with Gasteiger partial charge >= 0.3 is 0 Å². The number of benzene rings is 2. The van der Waals surface area contributed by atoms with Crippen molar-refractivity contribution in [3.8, 4) is 11.1 Å². The molecule has 0 N–H and O–H groups in total. The van der Waals surface area contributed by atoms with Crippen molar-refractivity contribution >= 4 is 27.2 Å². The van der Waals surface area contributed by atoms with E-state index < -0.39 is 0 Å². The molecule has 0 atom stereocenters. The summed E-state index contributed by atoms with van der Waals surface area (Å²) in [4.78, 5) is 12.4. The monoisotopic (exact) mass is 236 g/mol. The van der Waals surface area contributed by atoms with Crippen molar-refractivity contribution < 1.29 is 4.79 Å². The maximum absolute atomic E-state index is 12.4. The Morgan fingerprint density at radius 3 is 2.53 bits per heavy atom. The minimum Gasteiger partial charge on any atom is -0.289 e. The smallest absolute Gasteiger partial charge is 0.195 e. The third kappa shape index (κ3) is 1.06. The molecule has 1 aliphatic carbocycles. The Bertz CT molecular complexity index is 767. The highest BCUT2D eigenvalue weighted by atomic mass is 32.1. The first kappa shape index (κ1) is 9.14. The van der Waals surface area contributed by atoms with Gasteiger partial charge in [-0.3, -0.25) is 4.79 Å². The number of ketones is 1. The molecule has 1 heterocycles. The van der Waals surface area contributed by atoms with E-state index in [0.717, 1.165) is 32.3 Å². The van der Waals surface area contributed by atoms with Gasteiger partial charge in [-0.25, -0.2) is 0 Å². The summed E-state index contributed by atoms with van der Waals surface area (Å²) in [5, 5.41) is 3.20. The van der Waals surface area contributed by atoms with Crippen LogP contribution in [0.25, 0.3) is 21.2 Å². The number of hydrogen-bond donors (Lipinski definition) is 0. The van der Waals surface area contributed by atoms with Gasteiger partial charge in [0.15, 0.2) is 5.78 Å². The van der Waals surface area contributed by atoms with Crippen LogP contribution in [0.4, 0.5) is 0 Å². The summed E-state index contributed by atoms with van der Waals surface area (Å²) >= 11 is 1.65. The maximum Gasteiger partial charge on any atom is 0.195 e. The molecule has 17 heavy (non-hydrogen) atoms. The van der Waals surface area contributed by atoms with Crippen LogP contribution in [0.3, 0.4) is 0 Å². The standard InChI is InChI=1S/C15H8OS/c16-14-12-4-2-1-3-10(12)11-6-5-9-7-8-17-15(9)13(11)14/h1-8H. The second-order valence-corrected chi connectivity index (χ2v) is 5.12. The summed E-state index contributed by atoms with van der Waals surface area (Å²) in [6.07, 6.45) is 0. The van der Waals surface area contributed by atoms with Crippen molar-refractivity contribution in [2.75, 3.05) is 0 Å². The Hall–Kier alpha value is -1.93. The molecule has 3 aromatic rings. The molecule has 0 saturated carbocycles. The van der Waals surface area contributed by atoms with Crippen molar-refractivity contribution in [1.29, 1.82) is 0 Å². The quantitative estimate of drug-likeness (QED) is 0.449. The zero-order valence-corrected chi connectivity index (χ0v) is 9.75. The number of carbonyl (C=O) groups is 1. The van der Waals surface area contributed by atoms with E-state index in [4.69, 9.17) is 0 Å². The van der Waals surface area contributed by atoms with E-state index in [-0.39, 0.29) is 5.78 Å². The lowest BCUT2D eigenvalue weighted by Gasteiger charge is -1.99. The minimum atomic E-state index is 0.170. The fourth-order valence-corrected chi connectivity index (χ4v) is 3.48. The van der Waals surface area contributed by atoms with Crippen LogP contribution in [-0.2, 0) is 0 Å². The van der Waals surface area contributed by atoms with E-state index in [1.54, 1.807) is 11.3 Å². The van der Waals surface area contributed by atoms with E-state index in [9.17, 15) is 4.79 Å². The van der Waals surface area contributed by atoms with Crippen molar-refractivity contribution in [3.63, 3.8) is 0 Å². The first-order valence-corrected chi connectivity index (χ1v) is 6.38. The van der Waals surface area contributed by atoms with Gasteiger partial charge in [0.1, 0.15) is 0 Å². The van der Waals surface area contributed by atoms with Gasteiger partial charge in [-0.15, -0.1) is 11.3 Å². The van der Waals surface area contributed by atoms with Crippen LogP contribution in [0.15, 0.2) is 47.8 Å². The van der Waals surface area contributed by atoms with Crippen molar-refractivity contribution in [2.45, 2.75) is 0 Å². The summed E-state index contributed by atoms with van der Waals surface area (Å²) in [6.45, 7) is 0. The van der Waals surface area contributed by atoms with Gasteiger partial charge in [-0.1, -0.05) is 36.4 Å². The highest BCUT2D eigenvalue weighted by Gasteiger charge is 2.28. The van der Waals surface area contributed by atoms with Gasteiger partial charge in [0.2, 0.25) is 0 Å². The van der Waals surface area contributed by atoms with Crippen molar-refractivity contribution in [1.82, 2.24) is 0 Å². The second kappa shape index (κ2) is 3.05. The van der Waals surface area contributed by atoms with E-state index >= 15 is 0 Å². The lowest BCUT2D eigenvalue weighted by Crippen LogP contribution is -1.94. The Balaban J connectivity index is 2.20. The molecule has 0 spiro atoms. The molecule has 1 aromatic heterocycles. The number of carbonyl (C=O) groups excluding carboxylic acids is 1. The van der Waals surface area contributed by atoms with Crippen LogP contribution in [0, 0.1) is 0 Å². The van der Waals surface area contributed by atoms with Crippen LogP contribution in [0.2, 0.25) is 0 Å². The van der Waals surface area contributed by atoms with Crippen LogP contribution in [0.5, 0.6) is 0 Å². The molecule has 0 unspecified atom stereocenters. The molecule has 0 amide bonds. The number of rotatable bonds is 0. The average molecular weight is 236 g/mol. The van der Waals surface area contributed by atoms with Gasteiger partial charge < -0.3 is 0 Å². The third-order valence-corrected chi connectivity index (χ3v) is 4.26. The fourth-order valence-electron chi connectivity index (χ4n) is 2.53. The molecule has 80 valence electrons. The Kier molecular flexibility index (Phi) is 1.64. The second-order valence-electron chi connectivity index (χ2n) is 4.20. The Labute approximate surface area is 102 Å². The molecule has 0 bridgehead atoms. The summed E-state index contributed by atoms with van der Waals surface area (Å²) in [7, 11) is 0. The molecule has 0 saturated heterocycles.